The zero-order valence-electron chi connectivity index (χ0n) is 14.4. The van der Waals surface area contributed by atoms with Gasteiger partial charge in [0, 0.05) is 36.1 Å². The Morgan fingerprint density at radius 2 is 1.86 bits per heavy atom. The van der Waals surface area contributed by atoms with E-state index >= 15 is 0 Å². The van der Waals surface area contributed by atoms with Crippen LogP contribution in [0, 0.1) is 6.92 Å². The first-order valence-electron chi connectivity index (χ1n) is 8.42. The molecule has 0 saturated heterocycles. The molecule has 0 aliphatic carbocycles. The smallest absolute Gasteiger partial charge is 0.0568 e. The topological polar surface area (TPSA) is 21.1 Å². The van der Waals surface area contributed by atoms with Crippen LogP contribution in [-0.2, 0) is 6.42 Å². The fourth-order valence-electron chi connectivity index (χ4n) is 3.37. The molecule has 3 rings (SSSR count). The molecule has 1 aliphatic heterocycles. The second-order valence-corrected chi connectivity index (χ2v) is 6.99. The summed E-state index contributed by atoms with van der Waals surface area (Å²) in [6, 6.07) is 5.73. The lowest BCUT2D eigenvalue weighted by Crippen LogP contribution is -2.35. The summed E-state index contributed by atoms with van der Waals surface area (Å²) in [5, 5.41) is 4.49. The first-order chi connectivity index (χ1) is 10.5. The highest BCUT2D eigenvalue weighted by molar-refractivity contribution is 5.72. The molecule has 0 bridgehead atoms. The Morgan fingerprint density at radius 3 is 2.50 bits per heavy atom. The number of benzene rings is 1. The Morgan fingerprint density at radius 1 is 1.09 bits per heavy atom. The lowest BCUT2D eigenvalue weighted by atomic mass is 9.93. The zero-order chi connectivity index (χ0) is 15.9. The summed E-state index contributed by atoms with van der Waals surface area (Å²) in [6.07, 6.45) is 6.60. The van der Waals surface area contributed by atoms with Gasteiger partial charge in [-0.15, -0.1) is 0 Å². The van der Waals surface area contributed by atoms with Crippen LogP contribution in [0.2, 0.25) is 0 Å². The summed E-state index contributed by atoms with van der Waals surface area (Å²) in [6.45, 7) is 12.3. The van der Waals surface area contributed by atoms with E-state index in [9.17, 15) is 0 Å². The van der Waals surface area contributed by atoms with E-state index in [1.165, 1.54) is 47.3 Å². The molecule has 3 heteroatoms. The zero-order valence-corrected chi connectivity index (χ0v) is 14.4. The van der Waals surface area contributed by atoms with Crippen LogP contribution in [0.1, 0.15) is 51.3 Å². The summed E-state index contributed by atoms with van der Waals surface area (Å²) in [5.41, 5.74) is 6.82. The van der Waals surface area contributed by atoms with E-state index in [0.29, 0.717) is 12.1 Å². The molecule has 0 saturated carbocycles. The molecule has 0 amide bonds. The Hall–Kier alpha value is -1.77. The molecular weight excluding hydrogens is 270 g/mol. The molecule has 0 spiro atoms. The van der Waals surface area contributed by atoms with Crippen LogP contribution in [0.15, 0.2) is 24.5 Å². The van der Waals surface area contributed by atoms with Crippen molar-refractivity contribution >= 4 is 5.69 Å². The van der Waals surface area contributed by atoms with E-state index in [1.54, 1.807) is 0 Å². The number of rotatable bonds is 3. The Bertz CT molecular complexity index is 667. The van der Waals surface area contributed by atoms with Crippen molar-refractivity contribution < 1.29 is 0 Å². The second-order valence-electron chi connectivity index (χ2n) is 6.99. The van der Waals surface area contributed by atoms with Crippen LogP contribution in [0.3, 0.4) is 0 Å². The summed E-state index contributed by atoms with van der Waals surface area (Å²) in [4.78, 5) is 2.53. The van der Waals surface area contributed by atoms with E-state index < -0.39 is 0 Å². The fraction of sp³-hybridized carbons (Fsp3) is 0.526. The van der Waals surface area contributed by atoms with Gasteiger partial charge < -0.3 is 4.90 Å². The van der Waals surface area contributed by atoms with Gasteiger partial charge in [0.2, 0.25) is 0 Å². The van der Waals surface area contributed by atoms with Crippen LogP contribution >= 0.6 is 0 Å². The van der Waals surface area contributed by atoms with E-state index in [4.69, 9.17) is 0 Å². The van der Waals surface area contributed by atoms with Crippen LogP contribution in [0.5, 0.6) is 0 Å². The molecule has 1 aromatic heterocycles. The predicted octanol–water partition coefficient (Wildman–Crippen LogP) is 4.60. The van der Waals surface area contributed by atoms with E-state index in [0.717, 1.165) is 0 Å². The number of hydrogen-bond acceptors (Lipinski definition) is 2. The molecule has 0 atom stereocenters. The van der Waals surface area contributed by atoms with Gasteiger partial charge in [-0.2, -0.15) is 5.10 Å². The standard InChI is InChI=1S/C19H27N3/c1-13(2)21-8-6-7-16-10-18(15(5)9-19(16)21)17-11-20-22(12-17)14(3)4/h9-14H,6-8H2,1-5H3. The van der Waals surface area contributed by atoms with Gasteiger partial charge in [-0.3, -0.25) is 4.68 Å². The maximum absolute atomic E-state index is 4.49. The lowest BCUT2D eigenvalue weighted by Gasteiger charge is -2.35. The van der Waals surface area contributed by atoms with Crippen LogP contribution in [0.25, 0.3) is 11.1 Å². The molecule has 0 unspecified atom stereocenters. The fourth-order valence-corrected chi connectivity index (χ4v) is 3.37. The first kappa shape index (κ1) is 15.1. The molecule has 118 valence electrons. The van der Waals surface area contributed by atoms with Gasteiger partial charge in [-0.1, -0.05) is 0 Å². The van der Waals surface area contributed by atoms with Gasteiger partial charge in [0.15, 0.2) is 0 Å². The van der Waals surface area contributed by atoms with Crippen molar-refractivity contribution in [3.8, 4) is 11.1 Å². The van der Waals surface area contributed by atoms with Crippen molar-refractivity contribution in [3.05, 3.63) is 35.7 Å². The number of anilines is 1. The third kappa shape index (κ3) is 2.65. The highest BCUT2D eigenvalue weighted by atomic mass is 15.3. The van der Waals surface area contributed by atoms with Crippen molar-refractivity contribution in [1.82, 2.24) is 9.78 Å². The molecule has 2 aromatic rings. The normalized spacial score (nSPS) is 14.8. The number of hydrogen-bond donors (Lipinski definition) is 0. The highest BCUT2D eigenvalue weighted by Gasteiger charge is 2.21. The molecule has 3 nitrogen and oxygen atoms in total. The minimum Gasteiger partial charge on any atom is -0.369 e. The molecular formula is C19H27N3. The molecule has 0 fully saturated rings. The van der Waals surface area contributed by atoms with E-state index in [-0.39, 0.29) is 0 Å². The van der Waals surface area contributed by atoms with Crippen molar-refractivity contribution in [1.29, 1.82) is 0 Å². The van der Waals surface area contributed by atoms with Crippen molar-refractivity contribution in [2.45, 2.75) is 59.5 Å². The lowest BCUT2D eigenvalue weighted by molar-refractivity contribution is 0.532. The van der Waals surface area contributed by atoms with Gasteiger partial charge in [-0.25, -0.2) is 0 Å². The summed E-state index contributed by atoms with van der Waals surface area (Å²) >= 11 is 0. The second kappa shape index (κ2) is 5.79. The van der Waals surface area contributed by atoms with Crippen LogP contribution < -0.4 is 4.90 Å². The SMILES string of the molecule is Cc1cc2c(cc1-c1cnn(C(C)C)c1)CCCN2C(C)C. The average molecular weight is 297 g/mol. The van der Waals surface area contributed by atoms with Gasteiger partial charge in [0.25, 0.3) is 0 Å². The molecule has 2 heterocycles. The van der Waals surface area contributed by atoms with Crippen molar-refractivity contribution in [3.63, 3.8) is 0 Å². The van der Waals surface area contributed by atoms with E-state index in [2.05, 4.69) is 62.9 Å². The summed E-state index contributed by atoms with van der Waals surface area (Å²) in [5.74, 6) is 0. The quantitative estimate of drug-likeness (QED) is 0.825. The molecule has 1 aromatic carbocycles. The highest BCUT2D eigenvalue weighted by Crippen LogP contribution is 2.35. The monoisotopic (exact) mass is 297 g/mol. The minimum absolute atomic E-state index is 0.406. The maximum atomic E-state index is 4.49. The molecule has 1 aliphatic rings. The molecule has 22 heavy (non-hydrogen) atoms. The largest absolute Gasteiger partial charge is 0.369 e. The Balaban J connectivity index is 2.03. The predicted molar refractivity (Wildman–Crippen MR) is 93.6 cm³/mol. The first-order valence-corrected chi connectivity index (χ1v) is 8.42. The maximum Gasteiger partial charge on any atom is 0.0568 e. The van der Waals surface area contributed by atoms with E-state index in [1.807, 2.05) is 10.9 Å². The average Bonchev–Trinajstić information content (AvgIpc) is 2.95. The van der Waals surface area contributed by atoms with Gasteiger partial charge >= 0.3 is 0 Å². The van der Waals surface area contributed by atoms with Gasteiger partial charge in [0.05, 0.1) is 6.20 Å². The van der Waals surface area contributed by atoms with Crippen LogP contribution in [0.4, 0.5) is 5.69 Å². The van der Waals surface area contributed by atoms with Crippen molar-refractivity contribution in [2.24, 2.45) is 0 Å². The molecule has 0 radical (unpaired) electrons. The minimum atomic E-state index is 0.406. The third-order valence-electron chi connectivity index (χ3n) is 4.65. The number of fused-ring (bicyclic) bond motifs is 1. The van der Waals surface area contributed by atoms with Crippen LogP contribution in [-0.4, -0.2) is 22.4 Å². The summed E-state index contributed by atoms with van der Waals surface area (Å²) < 4.78 is 2.04. The van der Waals surface area contributed by atoms with Gasteiger partial charge in [0.1, 0.15) is 0 Å². The molecule has 0 N–H and O–H groups in total. The summed E-state index contributed by atoms with van der Waals surface area (Å²) in [7, 11) is 0. The Kier molecular flexibility index (Phi) is 3.98. The van der Waals surface area contributed by atoms with Gasteiger partial charge in [-0.05, 0) is 76.3 Å². The number of aryl methyl sites for hydroxylation is 2. The number of nitrogens with zero attached hydrogens (tertiary/aromatic N) is 3. The third-order valence-corrected chi connectivity index (χ3v) is 4.65. The number of aromatic nitrogens is 2. The Labute approximate surface area is 133 Å². The van der Waals surface area contributed by atoms with Crippen molar-refractivity contribution in [2.75, 3.05) is 11.4 Å².